The average Bonchev–Trinajstić information content (AvgIpc) is 2.45. The van der Waals surface area contributed by atoms with Gasteiger partial charge in [0, 0.05) is 18.0 Å². The van der Waals surface area contributed by atoms with Crippen molar-refractivity contribution >= 4 is 21.7 Å². The van der Waals surface area contributed by atoms with Gasteiger partial charge in [0.25, 0.3) is 0 Å². The average molecular weight is 309 g/mol. The molecule has 7 heteroatoms. The molecular formula is C14H15NO5S. The number of sulfone groups is 1. The van der Waals surface area contributed by atoms with Crippen molar-refractivity contribution in [3.8, 4) is 0 Å². The topological polar surface area (TPSA) is 91.8 Å². The first-order chi connectivity index (χ1) is 9.86. The lowest BCUT2D eigenvalue weighted by Gasteiger charge is -2.16. The summed E-state index contributed by atoms with van der Waals surface area (Å²) < 4.78 is 23.9. The summed E-state index contributed by atoms with van der Waals surface area (Å²) in [7, 11) is -3.73. The molecule has 0 spiro atoms. The van der Waals surface area contributed by atoms with Gasteiger partial charge in [0.2, 0.25) is 5.91 Å². The Kier molecular flexibility index (Phi) is 5.86. The van der Waals surface area contributed by atoms with Crippen LogP contribution in [0.1, 0.15) is 0 Å². The molecule has 0 atom stereocenters. The number of carboxylic acid groups (broad SMARTS) is 1. The smallest absolute Gasteiger partial charge is 0.323 e. The van der Waals surface area contributed by atoms with E-state index in [-0.39, 0.29) is 11.4 Å². The highest BCUT2D eigenvalue weighted by molar-refractivity contribution is 7.94. The maximum absolute atomic E-state index is 11.9. The maximum Gasteiger partial charge on any atom is 0.323 e. The lowest BCUT2D eigenvalue weighted by atomic mass is 10.4. The number of aliphatic carboxylic acids is 1. The first-order valence-corrected chi connectivity index (χ1v) is 7.51. The van der Waals surface area contributed by atoms with Gasteiger partial charge in [0.05, 0.1) is 4.90 Å². The highest BCUT2D eigenvalue weighted by Crippen LogP contribution is 2.11. The van der Waals surface area contributed by atoms with Gasteiger partial charge >= 0.3 is 5.97 Å². The van der Waals surface area contributed by atoms with Crippen molar-refractivity contribution in [2.24, 2.45) is 0 Å². The van der Waals surface area contributed by atoms with E-state index in [1.54, 1.807) is 18.2 Å². The summed E-state index contributed by atoms with van der Waals surface area (Å²) >= 11 is 0. The Balaban J connectivity index is 2.89. The molecule has 0 radical (unpaired) electrons. The van der Waals surface area contributed by atoms with Crippen molar-refractivity contribution in [3.05, 3.63) is 54.5 Å². The molecule has 1 aromatic rings. The van der Waals surface area contributed by atoms with Gasteiger partial charge in [0.15, 0.2) is 9.84 Å². The molecule has 0 aliphatic heterocycles. The minimum Gasteiger partial charge on any atom is -0.480 e. The van der Waals surface area contributed by atoms with Crippen LogP contribution in [0.25, 0.3) is 0 Å². The predicted molar refractivity (Wildman–Crippen MR) is 77.2 cm³/mol. The number of benzene rings is 1. The summed E-state index contributed by atoms with van der Waals surface area (Å²) in [5.74, 6) is -1.90. The van der Waals surface area contributed by atoms with E-state index >= 15 is 0 Å². The maximum atomic E-state index is 11.9. The molecule has 1 aromatic carbocycles. The van der Waals surface area contributed by atoms with Crippen molar-refractivity contribution in [2.45, 2.75) is 4.90 Å². The highest BCUT2D eigenvalue weighted by Gasteiger charge is 2.15. The largest absolute Gasteiger partial charge is 0.480 e. The summed E-state index contributed by atoms with van der Waals surface area (Å²) in [5, 5.41) is 9.46. The minimum absolute atomic E-state index is 0.0147. The second kappa shape index (κ2) is 7.39. The van der Waals surface area contributed by atoms with Crippen LogP contribution in [0.5, 0.6) is 0 Å². The Morgan fingerprint density at radius 1 is 1.24 bits per heavy atom. The Hall–Kier alpha value is -2.41. The highest BCUT2D eigenvalue weighted by atomic mass is 32.2. The summed E-state index contributed by atoms with van der Waals surface area (Å²) in [6.45, 7) is 2.91. The molecule has 0 unspecified atom stereocenters. The molecule has 0 saturated carbocycles. The van der Waals surface area contributed by atoms with Crippen molar-refractivity contribution in [1.29, 1.82) is 0 Å². The molecule has 0 aromatic heterocycles. The quantitative estimate of drug-likeness (QED) is 0.601. The fourth-order valence-corrected chi connectivity index (χ4v) is 2.48. The van der Waals surface area contributed by atoms with Crippen LogP contribution in [-0.4, -0.2) is 43.4 Å². The molecule has 112 valence electrons. The molecule has 0 saturated heterocycles. The molecule has 0 heterocycles. The van der Waals surface area contributed by atoms with Crippen LogP contribution in [-0.2, 0) is 19.4 Å². The third-order valence-electron chi connectivity index (χ3n) is 2.45. The van der Waals surface area contributed by atoms with Gasteiger partial charge in [-0.2, -0.15) is 0 Å². The van der Waals surface area contributed by atoms with E-state index in [1.165, 1.54) is 18.2 Å². The van der Waals surface area contributed by atoms with E-state index in [0.717, 1.165) is 16.4 Å². The van der Waals surface area contributed by atoms with Gasteiger partial charge in [-0.15, -0.1) is 6.58 Å². The summed E-state index contributed by atoms with van der Waals surface area (Å²) in [6, 6.07) is 7.62. The number of amides is 1. The van der Waals surface area contributed by atoms with Gasteiger partial charge in [-0.1, -0.05) is 24.3 Å². The van der Waals surface area contributed by atoms with E-state index in [0.29, 0.717) is 0 Å². The van der Waals surface area contributed by atoms with Gasteiger partial charge in [-0.25, -0.2) is 8.42 Å². The molecule has 0 aliphatic carbocycles. The zero-order chi connectivity index (χ0) is 15.9. The van der Waals surface area contributed by atoms with Gasteiger partial charge in [0.1, 0.15) is 6.54 Å². The van der Waals surface area contributed by atoms with Crippen molar-refractivity contribution in [3.63, 3.8) is 0 Å². The van der Waals surface area contributed by atoms with Gasteiger partial charge in [-0.3, -0.25) is 9.59 Å². The Bertz CT molecular complexity index is 649. The summed E-state index contributed by atoms with van der Waals surface area (Å²) in [4.78, 5) is 23.5. The number of hydrogen-bond acceptors (Lipinski definition) is 4. The second-order valence-corrected chi connectivity index (χ2v) is 5.90. The monoisotopic (exact) mass is 309 g/mol. The van der Waals surface area contributed by atoms with Gasteiger partial charge < -0.3 is 10.0 Å². The van der Waals surface area contributed by atoms with Crippen LogP contribution in [0, 0.1) is 0 Å². The molecule has 0 aliphatic rings. The van der Waals surface area contributed by atoms with Crippen LogP contribution in [0.3, 0.4) is 0 Å². The lowest BCUT2D eigenvalue weighted by molar-refractivity contribution is -0.142. The third kappa shape index (κ3) is 5.23. The fraction of sp³-hybridized carbons (Fsp3) is 0.143. The van der Waals surface area contributed by atoms with Crippen molar-refractivity contribution < 1.29 is 23.1 Å². The van der Waals surface area contributed by atoms with Crippen LogP contribution in [0.2, 0.25) is 0 Å². The van der Waals surface area contributed by atoms with E-state index in [2.05, 4.69) is 6.58 Å². The zero-order valence-electron chi connectivity index (χ0n) is 11.2. The first-order valence-electron chi connectivity index (χ1n) is 5.96. The Morgan fingerprint density at radius 3 is 2.38 bits per heavy atom. The van der Waals surface area contributed by atoms with Crippen molar-refractivity contribution in [2.75, 3.05) is 13.1 Å². The summed E-state index contributed by atoms with van der Waals surface area (Å²) in [6.07, 6.45) is 2.20. The van der Waals surface area contributed by atoms with Crippen molar-refractivity contribution in [1.82, 2.24) is 4.90 Å². The van der Waals surface area contributed by atoms with E-state index < -0.39 is 28.3 Å². The van der Waals surface area contributed by atoms with Crippen LogP contribution in [0.15, 0.2) is 59.4 Å². The molecule has 6 nitrogen and oxygen atoms in total. The number of carbonyl (C=O) groups excluding carboxylic acids is 1. The molecule has 1 N–H and O–H groups in total. The molecule has 1 rings (SSSR count). The molecule has 1 amide bonds. The number of rotatable bonds is 7. The SMILES string of the molecule is C=CCN(CC(=O)O)C(=O)C=CS(=O)(=O)c1ccccc1. The second-order valence-electron chi connectivity index (χ2n) is 4.06. The molecule has 0 bridgehead atoms. The lowest BCUT2D eigenvalue weighted by Crippen LogP contribution is -2.34. The normalized spacial score (nSPS) is 11.2. The predicted octanol–water partition coefficient (Wildman–Crippen LogP) is 1.07. The van der Waals surface area contributed by atoms with E-state index in [9.17, 15) is 18.0 Å². The number of nitrogens with zero attached hydrogens (tertiary/aromatic N) is 1. The number of hydrogen-bond donors (Lipinski definition) is 1. The first kappa shape index (κ1) is 16.6. The Morgan fingerprint density at radius 2 is 1.86 bits per heavy atom. The summed E-state index contributed by atoms with van der Waals surface area (Å²) in [5.41, 5.74) is 0. The fourth-order valence-electron chi connectivity index (χ4n) is 1.49. The van der Waals surface area contributed by atoms with E-state index in [4.69, 9.17) is 5.11 Å². The third-order valence-corrected chi connectivity index (χ3v) is 3.87. The molecular weight excluding hydrogens is 294 g/mol. The van der Waals surface area contributed by atoms with Gasteiger partial charge in [-0.05, 0) is 12.1 Å². The number of carbonyl (C=O) groups is 2. The van der Waals surface area contributed by atoms with Crippen LogP contribution >= 0.6 is 0 Å². The molecule has 21 heavy (non-hydrogen) atoms. The zero-order valence-corrected chi connectivity index (χ0v) is 12.0. The van der Waals surface area contributed by atoms with Crippen LogP contribution < -0.4 is 0 Å². The minimum atomic E-state index is -3.73. The number of carboxylic acids is 1. The Labute approximate surface area is 122 Å². The standard InChI is InChI=1S/C14H15NO5S/c1-2-9-15(11-14(17)18)13(16)8-10-21(19,20)12-6-4-3-5-7-12/h2-8,10H,1,9,11H2,(H,17,18). The van der Waals surface area contributed by atoms with Crippen LogP contribution in [0.4, 0.5) is 0 Å². The molecule has 0 fully saturated rings. The van der Waals surface area contributed by atoms with E-state index in [1.807, 2.05) is 0 Å².